The van der Waals surface area contributed by atoms with E-state index in [9.17, 15) is 14.7 Å². The first-order valence-electron chi connectivity index (χ1n) is 7.34. The monoisotopic (exact) mass is 329 g/mol. The van der Waals surface area contributed by atoms with Gasteiger partial charge in [0, 0.05) is 6.42 Å². The topological polar surface area (TPSA) is 84.9 Å². The van der Waals surface area contributed by atoms with Crippen molar-refractivity contribution >= 4 is 17.6 Å². The summed E-state index contributed by atoms with van der Waals surface area (Å²) < 4.78 is 9.48. The number of ether oxygens (including phenoxy) is 2. The molecule has 0 unspecified atom stereocenters. The number of methoxy groups -OCH3 is 2. The van der Waals surface area contributed by atoms with E-state index < -0.39 is 18.0 Å². The van der Waals surface area contributed by atoms with Gasteiger partial charge in [-0.3, -0.25) is 0 Å². The zero-order chi connectivity index (χ0) is 17.5. The fourth-order valence-corrected chi connectivity index (χ4v) is 2.27. The van der Waals surface area contributed by atoms with Crippen LogP contribution in [0.4, 0.5) is 5.69 Å². The number of hydrogen-bond donors (Lipinski definition) is 2. The van der Waals surface area contributed by atoms with Crippen LogP contribution in [0.1, 0.15) is 15.9 Å². The average Bonchev–Trinajstić information content (AvgIpc) is 2.62. The van der Waals surface area contributed by atoms with Crippen molar-refractivity contribution < 1.29 is 24.2 Å². The molecule has 0 amide bonds. The number of benzene rings is 2. The van der Waals surface area contributed by atoms with Crippen molar-refractivity contribution in [3.63, 3.8) is 0 Å². The molecule has 6 nitrogen and oxygen atoms in total. The maximum atomic E-state index is 12.0. The molecule has 0 bridgehead atoms. The maximum Gasteiger partial charge on any atom is 0.337 e. The highest BCUT2D eigenvalue weighted by molar-refractivity contribution is 5.91. The van der Waals surface area contributed by atoms with E-state index >= 15 is 0 Å². The quantitative estimate of drug-likeness (QED) is 0.625. The number of aromatic hydroxyl groups is 1. The first-order chi connectivity index (χ1) is 11.5. The molecule has 0 aromatic heterocycles. The molecule has 0 heterocycles. The number of esters is 2. The zero-order valence-electron chi connectivity index (χ0n) is 13.5. The van der Waals surface area contributed by atoms with Crippen molar-refractivity contribution in [1.82, 2.24) is 0 Å². The van der Waals surface area contributed by atoms with Gasteiger partial charge in [0.1, 0.15) is 11.8 Å². The highest BCUT2D eigenvalue weighted by Crippen LogP contribution is 2.26. The van der Waals surface area contributed by atoms with Crippen LogP contribution in [0, 0.1) is 0 Å². The standard InChI is InChI=1S/C18H19NO5/c1-23-17(21)13-8-9-16(20)14(11-13)19-15(18(22)24-2)10-12-6-4-3-5-7-12/h3-9,11,15,19-20H,10H2,1-2H3/t15-/m0/s1. The van der Waals surface area contributed by atoms with Gasteiger partial charge in [0.25, 0.3) is 0 Å². The van der Waals surface area contributed by atoms with Crippen molar-refractivity contribution in [2.24, 2.45) is 0 Å². The van der Waals surface area contributed by atoms with Gasteiger partial charge in [-0.1, -0.05) is 30.3 Å². The van der Waals surface area contributed by atoms with Gasteiger partial charge in [-0.2, -0.15) is 0 Å². The third kappa shape index (κ3) is 4.25. The summed E-state index contributed by atoms with van der Waals surface area (Å²) in [4.78, 5) is 23.7. The molecule has 126 valence electrons. The zero-order valence-corrected chi connectivity index (χ0v) is 13.5. The second-order valence-electron chi connectivity index (χ2n) is 5.13. The molecule has 2 rings (SSSR count). The van der Waals surface area contributed by atoms with Gasteiger partial charge in [0.05, 0.1) is 25.5 Å². The normalized spacial score (nSPS) is 11.4. The largest absolute Gasteiger partial charge is 0.506 e. The number of hydrogen-bond acceptors (Lipinski definition) is 6. The lowest BCUT2D eigenvalue weighted by Crippen LogP contribution is -2.33. The highest BCUT2D eigenvalue weighted by atomic mass is 16.5. The SMILES string of the molecule is COC(=O)c1ccc(O)c(N[C@@H](Cc2ccccc2)C(=O)OC)c1. The van der Waals surface area contributed by atoms with Gasteiger partial charge < -0.3 is 19.9 Å². The number of rotatable bonds is 6. The predicted molar refractivity (Wildman–Crippen MR) is 89.0 cm³/mol. The molecule has 0 spiro atoms. The lowest BCUT2D eigenvalue weighted by Gasteiger charge is -2.19. The summed E-state index contributed by atoms with van der Waals surface area (Å²) in [6.45, 7) is 0. The summed E-state index contributed by atoms with van der Waals surface area (Å²) >= 11 is 0. The number of phenols is 1. The van der Waals surface area contributed by atoms with E-state index in [1.165, 1.54) is 32.4 Å². The van der Waals surface area contributed by atoms with Crippen LogP contribution < -0.4 is 5.32 Å². The van der Waals surface area contributed by atoms with E-state index in [0.717, 1.165) is 5.56 Å². The molecule has 0 saturated carbocycles. The van der Waals surface area contributed by atoms with E-state index in [1.807, 2.05) is 30.3 Å². The average molecular weight is 329 g/mol. The first-order valence-corrected chi connectivity index (χ1v) is 7.34. The first kappa shape index (κ1) is 17.3. The summed E-state index contributed by atoms with van der Waals surface area (Å²) in [7, 11) is 2.57. The lowest BCUT2D eigenvalue weighted by atomic mass is 10.1. The Bertz CT molecular complexity index is 715. The molecule has 0 aliphatic heterocycles. The molecule has 0 fully saturated rings. The van der Waals surface area contributed by atoms with E-state index in [-0.39, 0.29) is 17.0 Å². The Morgan fingerprint density at radius 1 is 1.08 bits per heavy atom. The number of carbonyl (C=O) groups excluding carboxylic acids is 2. The van der Waals surface area contributed by atoms with Crippen molar-refractivity contribution in [2.45, 2.75) is 12.5 Å². The maximum absolute atomic E-state index is 12.0. The Labute approximate surface area is 140 Å². The summed E-state index contributed by atoms with van der Waals surface area (Å²) in [6, 6.07) is 12.9. The Balaban J connectivity index is 2.26. The summed E-state index contributed by atoms with van der Waals surface area (Å²) in [6.07, 6.45) is 0.370. The van der Waals surface area contributed by atoms with Crippen molar-refractivity contribution in [1.29, 1.82) is 0 Å². The molecule has 6 heteroatoms. The third-order valence-electron chi connectivity index (χ3n) is 3.52. The Morgan fingerprint density at radius 2 is 1.79 bits per heavy atom. The lowest BCUT2D eigenvalue weighted by molar-refractivity contribution is -0.141. The minimum atomic E-state index is -0.712. The van der Waals surface area contributed by atoms with E-state index in [2.05, 4.69) is 10.1 Å². The summed E-state index contributed by atoms with van der Waals surface area (Å²) in [5, 5.41) is 12.9. The smallest absolute Gasteiger partial charge is 0.337 e. The molecule has 2 aromatic rings. The van der Waals surface area contributed by atoms with Gasteiger partial charge in [0.2, 0.25) is 0 Å². The Hall–Kier alpha value is -3.02. The second kappa shape index (κ2) is 8.01. The molecule has 0 saturated heterocycles. The highest BCUT2D eigenvalue weighted by Gasteiger charge is 2.21. The van der Waals surface area contributed by atoms with Crippen molar-refractivity contribution in [3.05, 3.63) is 59.7 Å². The molecule has 24 heavy (non-hydrogen) atoms. The molecule has 0 aliphatic rings. The summed E-state index contributed by atoms with van der Waals surface area (Å²) in [5.74, 6) is -1.08. The van der Waals surface area contributed by atoms with Gasteiger partial charge in [0.15, 0.2) is 0 Å². The molecular formula is C18H19NO5. The fraction of sp³-hybridized carbons (Fsp3) is 0.222. The van der Waals surface area contributed by atoms with E-state index in [0.29, 0.717) is 6.42 Å². The van der Waals surface area contributed by atoms with Crippen LogP contribution in [0.5, 0.6) is 5.75 Å². The van der Waals surface area contributed by atoms with Crippen LogP contribution >= 0.6 is 0 Å². The van der Waals surface area contributed by atoms with E-state index in [1.54, 1.807) is 0 Å². The Morgan fingerprint density at radius 3 is 2.42 bits per heavy atom. The fourth-order valence-electron chi connectivity index (χ4n) is 2.27. The van der Waals surface area contributed by atoms with Gasteiger partial charge in [-0.15, -0.1) is 0 Å². The molecular weight excluding hydrogens is 310 g/mol. The van der Waals surface area contributed by atoms with Gasteiger partial charge >= 0.3 is 11.9 Å². The van der Waals surface area contributed by atoms with Crippen LogP contribution in [0.25, 0.3) is 0 Å². The van der Waals surface area contributed by atoms with Crippen LogP contribution in [0.3, 0.4) is 0 Å². The molecule has 2 N–H and O–H groups in total. The number of anilines is 1. The Kier molecular flexibility index (Phi) is 5.78. The number of nitrogens with one attached hydrogen (secondary N) is 1. The minimum Gasteiger partial charge on any atom is -0.506 e. The summed E-state index contributed by atoms with van der Waals surface area (Å²) in [5.41, 5.74) is 1.45. The third-order valence-corrected chi connectivity index (χ3v) is 3.52. The second-order valence-corrected chi connectivity index (χ2v) is 5.13. The van der Waals surface area contributed by atoms with Gasteiger partial charge in [-0.05, 0) is 23.8 Å². The molecule has 1 atom stereocenters. The van der Waals surface area contributed by atoms with Crippen LogP contribution in [0.15, 0.2) is 48.5 Å². The van der Waals surface area contributed by atoms with Crippen molar-refractivity contribution in [2.75, 3.05) is 19.5 Å². The molecule has 0 radical (unpaired) electrons. The minimum absolute atomic E-state index is 0.0791. The van der Waals surface area contributed by atoms with Gasteiger partial charge in [-0.25, -0.2) is 9.59 Å². The van der Waals surface area contributed by atoms with Crippen molar-refractivity contribution in [3.8, 4) is 5.75 Å². The molecule has 2 aromatic carbocycles. The molecule has 0 aliphatic carbocycles. The van der Waals surface area contributed by atoms with Crippen LogP contribution in [-0.4, -0.2) is 37.3 Å². The number of carbonyl (C=O) groups is 2. The predicted octanol–water partition coefficient (Wildman–Crippen LogP) is 2.38. The number of phenolic OH excluding ortho intramolecular Hbond substituents is 1. The van der Waals surface area contributed by atoms with Crippen LogP contribution in [-0.2, 0) is 20.7 Å². The van der Waals surface area contributed by atoms with Crippen LogP contribution in [0.2, 0.25) is 0 Å². The van der Waals surface area contributed by atoms with E-state index in [4.69, 9.17) is 4.74 Å².